The predicted octanol–water partition coefficient (Wildman–Crippen LogP) is 4.33. The summed E-state index contributed by atoms with van der Waals surface area (Å²) in [5, 5.41) is 3.04. The minimum Gasteiger partial charge on any atom is -0.325 e. The van der Waals surface area contributed by atoms with Crippen molar-refractivity contribution in [2.45, 2.75) is 32.1 Å². The molecule has 1 fully saturated rings. The van der Waals surface area contributed by atoms with Crippen LogP contribution in [0.25, 0.3) is 0 Å². The summed E-state index contributed by atoms with van der Waals surface area (Å²) in [6.07, 6.45) is 2.27. The number of aryl methyl sites for hydroxylation is 3. The first-order valence-corrected chi connectivity index (χ1v) is 9.94. The van der Waals surface area contributed by atoms with E-state index in [0.29, 0.717) is 6.54 Å². The number of nitrogens with zero attached hydrogens (tertiary/aromatic N) is 1. The van der Waals surface area contributed by atoms with Crippen LogP contribution in [0.15, 0.2) is 41.3 Å². The van der Waals surface area contributed by atoms with E-state index in [2.05, 4.69) is 17.4 Å². The van der Waals surface area contributed by atoms with Gasteiger partial charge in [0.25, 0.3) is 0 Å². The van der Waals surface area contributed by atoms with Crippen molar-refractivity contribution in [2.75, 3.05) is 23.0 Å². The highest BCUT2D eigenvalue weighted by atomic mass is 32.2. The quantitative estimate of drug-likeness (QED) is 0.818. The van der Waals surface area contributed by atoms with Crippen molar-refractivity contribution in [2.24, 2.45) is 5.92 Å². The molecule has 0 aromatic heterocycles. The third-order valence-corrected chi connectivity index (χ3v) is 5.55. The molecule has 0 aliphatic carbocycles. The van der Waals surface area contributed by atoms with Crippen molar-refractivity contribution < 1.29 is 9.59 Å². The van der Waals surface area contributed by atoms with Crippen molar-refractivity contribution >= 4 is 35.0 Å². The summed E-state index contributed by atoms with van der Waals surface area (Å²) in [5.41, 5.74) is 4.98. The van der Waals surface area contributed by atoms with E-state index in [4.69, 9.17) is 0 Å². The van der Waals surface area contributed by atoms with Crippen LogP contribution >= 0.6 is 11.8 Å². The van der Waals surface area contributed by atoms with Crippen LogP contribution in [0.1, 0.15) is 23.1 Å². The molecule has 4 nitrogen and oxygen atoms in total. The van der Waals surface area contributed by atoms with Crippen LogP contribution in [-0.4, -0.2) is 24.6 Å². The summed E-state index contributed by atoms with van der Waals surface area (Å²) >= 11 is 1.66. The maximum absolute atomic E-state index is 12.7. The molecule has 26 heavy (non-hydrogen) atoms. The van der Waals surface area contributed by atoms with E-state index in [9.17, 15) is 9.59 Å². The maximum Gasteiger partial charge on any atom is 0.229 e. The normalized spacial score (nSPS) is 16.8. The second-order valence-corrected chi connectivity index (χ2v) is 7.75. The topological polar surface area (TPSA) is 49.4 Å². The Hall–Kier alpha value is -2.27. The van der Waals surface area contributed by atoms with Crippen molar-refractivity contribution in [1.29, 1.82) is 0 Å². The van der Waals surface area contributed by atoms with Gasteiger partial charge in [0.2, 0.25) is 11.8 Å². The second-order valence-electron chi connectivity index (χ2n) is 6.87. The summed E-state index contributed by atoms with van der Waals surface area (Å²) in [5.74, 6) is -0.418. The fourth-order valence-electron chi connectivity index (χ4n) is 3.50. The lowest BCUT2D eigenvalue weighted by Crippen LogP contribution is -2.28. The molecule has 0 bridgehead atoms. The predicted molar refractivity (Wildman–Crippen MR) is 108 cm³/mol. The van der Waals surface area contributed by atoms with Crippen LogP contribution in [0, 0.1) is 26.7 Å². The third-order valence-electron chi connectivity index (χ3n) is 4.81. The first-order valence-electron chi connectivity index (χ1n) is 8.72. The largest absolute Gasteiger partial charge is 0.325 e. The van der Waals surface area contributed by atoms with E-state index < -0.39 is 0 Å². The minimum atomic E-state index is -0.331. The van der Waals surface area contributed by atoms with Gasteiger partial charge in [0.15, 0.2) is 0 Å². The zero-order valence-electron chi connectivity index (χ0n) is 15.6. The SMILES string of the molecule is CSc1ccc(N2CC(C(=O)Nc3c(C)cc(C)cc3C)CC2=O)cc1. The first-order chi connectivity index (χ1) is 12.4. The van der Waals surface area contributed by atoms with E-state index in [-0.39, 0.29) is 24.2 Å². The summed E-state index contributed by atoms with van der Waals surface area (Å²) in [6, 6.07) is 12.0. The second kappa shape index (κ2) is 7.54. The number of benzene rings is 2. The molecule has 1 unspecified atom stereocenters. The van der Waals surface area contributed by atoms with Crippen LogP contribution in [0.5, 0.6) is 0 Å². The highest BCUT2D eigenvalue weighted by Crippen LogP contribution is 2.29. The molecular weight excluding hydrogens is 344 g/mol. The molecule has 1 saturated heterocycles. The Morgan fingerprint density at radius 3 is 2.31 bits per heavy atom. The molecule has 1 aliphatic heterocycles. The number of carbonyl (C=O) groups excluding carboxylic acids is 2. The Balaban J connectivity index is 1.73. The van der Waals surface area contributed by atoms with E-state index in [0.717, 1.165) is 27.4 Å². The maximum atomic E-state index is 12.7. The molecule has 2 aromatic rings. The van der Waals surface area contributed by atoms with E-state index in [1.54, 1.807) is 16.7 Å². The zero-order chi connectivity index (χ0) is 18.8. The molecule has 3 rings (SSSR count). The Bertz CT molecular complexity index is 823. The van der Waals surface area contributed by atoms with Gasteiger partial charge in [-0.15, -0.1) is 11.8 Å². The van der Waals surface area contributed by atoms with Gasteiger partial charge in [-0.3, -0.25) is 9.59 Å². The van der Waals surface area contributed by atoms with Crippen molar-refractivity contribution in [3.8, 4) is 0 Å². The minimum absolute atomic E-state index is 0.000554. The van der Waals surface area contributed by atoms with Crippen molar-refractivity contribution in [1.82, 2.24) is 0 Å². The Morgan fingerprint density at radius 1 is 1.12 bits per heavy atom. The summed E-state index contributed by atoms with van der Waals surface area (Å²) in [4.78, 5) is 28.0. The molecule has 0 radical (unpaired) electrons. The van der Waals surface area contributed by atoms with Gasteiger partial charge in [0.1, 0.15) is 0 Å². The lowest BCUT2D eigenvalue weighted by molar-refractivity contribution is -0.122. The summed E-state index contributed by atoms with van der Waals surface area (Å²) in [6.45, 7) is 6.46. The number of rotatable bonds is 4. The third kappa shape index (κ3) is 3.78. The van der Waals surface area contributed by atoms with Gasteiger partial charge in [0.05, 0.1) is 5.92 Å². The van der Waals surface area contributed by atoms with Gasteiger partial charge in [-0.1, -0.05) is 17.7 Å². The van der Waals surface area contributed by atoms with Gasteiger partial charge >= 0.3 is 0 Å². The number of hydrogen-bond acceptors (Lipinski definition) is 3. The number of carbonyl (C=O) groups is 2. The Kier molecular flexibility index (Phi) is 5.37. The summed E-state index contributed by atoms with van der Waals surface area (Å²) in [7, 11) is 0. The van der Waals surface area contributed by atoms with Gasteiger partial charge < -0.3 is 10.2 Å². The van der Waals surface area contributed by atoms with E-state index in [1.165, 1.54) is 5.56 Å². The van der Waals surface area contributed by atoms with Crippen LogP contribution < -0.4 is 10.2 Å². The number of anilines is 2. The molecule has 1 atom stereocenters. The first kappa shape index (κ1) is 18.5. The number of amides is 2. The summed E-state index contributed by atoms with van der Waals surface area (Å²) < 4.78 is 0. The molecule has 1 N–H and O–H groups in total. The van der Waals surface area contributed by atoms with E-state index in [1.807, 2.05) is 51.3 Å². The van der Waals surface area contributed by atoms with E-state index >= 15 is 0 Å². The lowest BCUT2D eigenvalue weighted by Gasteiger charge is -2.18. The van der Waals surface area contributed by atoms with Crippen LogP contribution in [-0.2, 0) is 9.59 Å². The van der Waals surface area contributed by atoms with Gasteiger partial charge in [-0.2, -0.15) is 0 Å². The molecule has 0 spiro atoms. The monoisotopic (exact) mass is 368 g/mol. The Morgan fingerprint density at radius 2 is 1.73 bits per heavy atom. The average molecular weight is 369 g/mol. The molecule has 5 heteroatoms. The van der Waals surface area contributed by atoms with Crippen LogP contribution in [0.2, 0.25) is 0 Å². The smallest absolute Gasteiger partial charge is 0.229 e. The lowest BCUT2D eigenvalue weighted by atomic mass is 10.0. The van der Waals surface area contributed by atoms with Crippen LogP contribution in [0.3, 0.4) is 0 Å². The average Bonchev–Trinajstić information content (AvgIpc) is 3.00. The zero-order valence-corrected chi connectivity index (χ0v) is 16.4. The van der Waals surface area contributed by atoms with Crippen LogP contribution in [0.4, 0.5) is 11.4 Å². The van der Waals surface area contributed by atoms with Gasteiger partial charge in [-0.05, 0) is 62.4 Å². The highest BCUT2D eigenvalue weighted by Gasteiger charge is 2.35. The fraction of sp³-hybridized carbons (Fsp3) is 0.333. The van der Waals surface area contributed by atoms with Crippen molar-refractivity contribution in [3.63, 3.8) is 0 Å². The molecule has 2 amide bonds. The molecule has 1 aliphatic rings. The van der Waals surface area contributed by atoms with Gasteiger partial charge in [-0.25, -0.2) is 0 Å². The molecular formula is C21H24N2O2S. The number of nitrogens with one attached hydrogen (secondary N) is 1. The molecule has 136 valence electrons. The molecule has 1 heterocycles. The highest BCUT2D eigenvalue weighted by molar-refractivity contribution is 7.98. The Labute approximate surface area is 159 Å². The fourth-order valence-corrected chi connectivity index (χ4v) is 3.91. The van der Waals surface area contributed by atoms with Gasteiger partial charge in [0, 0.05) is 29.2 Å². The standard InChI is InChI=1S/C21H24N2O2S/c1-13-9-14(2)20(15(3)10-13)22-21(25)16-11-19(24)23(12-16)17-5-7-18(26-4)8-6-17/h5-10,16H,11-12H2,1-4H3,(H,22,25). The van der Waals surface area contributed by atoms with Crippen molar-refractivity contribution in [3.05, 3.63) is 53.1 Å². The number of hydrogen-bond donors (Lipinski definition) is 1. The molecule has 2 aromatic carbocycles. The molecule has 0 saturated carbocycles. The number of thioether (sulfide) groups is 1.